The van der Waals surface area contributed by atoms with Gasteiger partial charge in [0.1, 0.15) is 11.4 Å². The minimum atomic E-state index is -0.499. The zero-order valence-electron chi connectivity index (χ0n) is 23.5. The third-order valence-electron chi connectivity index (χ3n) is 8.24. The number of carbonyl (C=O) groups excluding carboxylic acids is 1. The normalized spacial score (nSPS) is 20.8. The number of aromatic nitrogens is 2. The van der Waals surface area contributed by atoms with Crippen molar-refractivity contribution in [1.82, 2.24) is 14.7 Å². The molecule has 0 aliphatic carbocycles. The third kappa shape index (κ3) is 5.20. The first-order valence-corrected chi connectivity index (χ1v) is 14.3. The fourth-order valence-corrected chi connectivity index (χ4v) is 5.94. The zero-order chi connectivity index (χ0) is 28.5. The van der Waals surface area contributed by atoms with Crippen LogP contribution in [0.15, 0.2) is 85.1 Å². The molecule has 216 valence electrons. The van der Waals surface area contributed by atoms with E-state index in [1.807, 2.05) is 59.3 Å². The fraction of sp³-hybridized carbons (Fsp3) is 0.312. The van der Waals surface area contributed by atoms with Crippen LogP contribution in [0.25, 0.3) is 16.9 Å². The summed E-state index contributed by atoms with van der Waals surface area (Å²) in [4.78, 5) is 27.6. The van der Waals surface area contributed by atoms with E-state index in [1.165, 1.54) is 5.23 Å². The molecule has 10 heteroatoms. The lowest BCUT2D eigenvalue weighted by Crippen LogP contribution is -2.37. The molecule has 7 rings (SSSR count). The summed E-state index contributed by atoms with van der Waals surface area (Å²) in [5.41, 5.74) is 5.26. The lowest BCUT2D eigenvalue weighted by molar-refractivity contribution is -0.277. The highest BCUT2D eigenvalue weighted by Gasteiger charge is 2.46. The van der Waals surface area contributed by atoms with Crippen molar-refractivity contribution in [3.63, 3.8) is 0 Å². The average Bonchev–Trinajstić information content (AvgIpc) is 3.50. The van der Waals surface area contributed by atoms with Crippen molar-refractivity contribution < 1.29 is 23.9 Å². The molecule has 3 aliphatic rings. The number of methoxy groups -OCH3 is 1. The Morgan fingerprint density at radius 3 is 2.36 bits per heavy atom. The van der Waals surface area contributed by atoms with E-state index in [0.29, 0.717) is 6.54 Å². The van der Waals surface area contributed by atoms with Gasteiger partial charge in [0.15, 0.2) is 0 Å². The second-order valence-corrected chi connectivity index (χ2v) is 10.9. The Hall–Kier alpha value is -4.38. The van der Waals surface area contributed by atoms with Crippen LogP contribution in [0.4, 0.5) is 16.2 Å². The van der Waals surface area contributed by atoms with Crippen molar-refractivity contribution >= 4 is 17.5 Å². The monoisotopic (exact) mass is 567 g/mol. The molecule has 1 amide bonds. The van der Waals surface area contributed by atoms with Gasteiger partial charge in [-0.3, -0.25) is 9.80 Å². The van der Waals surface area contributed by atoms with Crippen LogP contribution in [0.5, 0.6) is 5.75 Å². The molecule has 0 bridgehead atoms. The predicted molar refractivity (Wildman–Crippen MR) is 157 cm³/mol. The number of likely N-dealkylation sites (tertiary alicyclic amines) is 1. The van der Waals surface area contributed by atoms with Gasteiger partial charge in [0, 0.05) is 42.5 Å². The Balaban J connectivity index is 1.07. The molecule has 10 nitrogen and oxygen atoms in total. The van der Waals surface area contributed by atoms with E-state index in [2.05, 4.69) is 35.4 Å². The zero-order valence-corrected chi connectivity index (χ0v) is 23.5. The first-order valence-electron chi connectivity index (χ1n) is 14.3. The van der Waals surface area contributed by atoms with E-state index in [1.54, 1.807) is 12.0 Å². The molecule has 0 saturated carbocycles. The number of hydrogen-bond acceptors (Lipinski definition) is 8. The lowest BCUT2D eigenvalue weighted by atomic mass is 9.95. The Bertz CT molecular complexity index is 1540. The van der Waals surface area contributed by atoms with E-state index in [-0.39, 0.29) is 12.9 Å². The summed E-state index contributed by atoms with van der Waals surface area (Å²) in [6.45, 7) is 3.28. The number of benzene rings is 3. The van der Waals surface area contributed by atoms with Gasteiger partial charge in [-0.15, -0.1) is 5.23 Å². The fourth-order valence-electron chi connectivity index (χ4n) is 5.94. The molecule has 0 N–H and O–H groups in total. The molecule has 3 aromatic carbocycles. The van der Waals surface area contributed by atoms with Crippen molar-refractivity contribution in [2.45, 2.75) is 31.4 Å². The Labute approximate surface area is 244 Å². The van der Waals surface area contributed by atoms with Crippen LogP contribution < -0.4 is 14.9 Å². The molecule has 3 aliphatic heterocycles. The van der Waals surface area contributed by atoms with Gasteiger partial charge >= 0.3 is 6.09 Å². The predicted octanol–water partition coefficient (Wildman–Crippen LogP) is 5.57. The summed E-state index contributed by atoms with van der Waals surface area (Å²) in [6, 6.07) is 25.8. The molecule has 1 aromatic heterocycles. The van der Waals surface area contributed by atoms with Crippen molar-refractivity contribution in [3.8, 4) is 22.7 Å². The van der Waals surface area contributed by atoms with E-state index in [0.717, 1.165) is 78.5 Å². The van der Waals surface area contributed by atoms with Crippen LogP contribution in [0.2, 0.25) is 0 Å². The van der Waals surface area contributed by atoms with Crippen LogP contribution in [-0.4, -0.2) is 59.9 Å². The number of amides is 1. The Morgan fingerprint density at radius 1 is 0.881 bits per heavy atom. The maximum Gasteiger partial charge on any atom is 0.415 e. The van der Waals surface area contributed by atoms with Crippen molar-refractivity contribution in [2.75, 3.05) is 43.7 Å². The second kappa shape index (κ2) is 11.1. The van der Waals surface area contributed by atoms with Gasteiger partial charge in [-0.05, 0) is 80.1 Å². The molecular formula is C32H33N5O5. The molecule has 0 radical (unpaired) electrons. The van der Waals surface area contributed by atoms with Gasteiger partial charge in [0.2, 0.25) is 6.79 Å². The quantitative estimate of drug-likeness (QED) is 0.287. The van der Waals surface area contributed by atoms with Gasteiger partial charge in [-0.2, -0.15) is 5.10 Å². The highest BCUT2D eigenvalue weighted by atomic mass is 17.1. The topological polar surface area (TPSA) is 81.5 Å². The van der Waals surface area contributed by atoms with Crippen LogP contribution in [0.1, 0.15) is 24.8 Å². The van der Waals surface area contributed by atoms with Crippen molar-refractivity contribution in [1.29, 1.82) is 0 Å². The molecule has 1 spiro atoms. The van der Waals surface area contributed by atoms with Gasteiger partial charge in [0.25, 0.3) is 0 Å². The standard InChI is InChI=1S/C32H33N5O5/c1-39-29-14-8-24(9-15-29)30-25(21-36(33-30)27-6-3-2-4-7-27)20-34-18-5-16-32(17-19-34)22-35(31(38)42-32)26-10-12-28(13-11-26)37-40-23-41-37/h2-4,6-15,21H,5,16-20,22-23H2,1H3. The number of para-hydroxylation sites is 1. The van der Waals surface area contributed by atoms with Crippen LogP contribution in [-0.2, 0) is 21.0 Å². The SMILES string of the molecule is COc1ccc(-c2nn(-c3ccccc3)cc2CN2CCCC3(CC2)CN(c2ccc(N4OCO4)cc2)C(=O)O3)cc1. The summed E-state index contributed by atoms with van der Waals surface area (Å²) in [5.74, 6) is 0.816. The highest BCUT2D eigenvalue weighted by molar-refractivity contribution is 5.90. The number of carbonyl (C=O) groups is 1. The number of ether oxygens (including phenoxy) is 2. The molecule has 42 heavy (non-hydrogen) atoms. The third-order valence-corrected chi connectivity index (χ3v) is 8.24. The summed E-state index contributed by atoms with van der Waals surface area (Å²) in [7, 11) is 1.67. The minimum absolute atomic E-state index is 0.248. The lowest BCUT2D eigenvalue weighted by Gasteiger charge is -2.30. The highest BCUT2D eigenvalue weighted by Crippen LogP contribution is 2.37. The molecule has 3 fully saturated rings. The first kappa shape index (κ1) is 26.5. The van der Waals surface area contributed by atoms with Crippen LogP contribution in [0.3, 0.4) is 0 Å². The average molecular weight is 568 g/mol. The molecule has 1 unspecified atom stereocenters. The molecular weight excluding hydrogens is 534 g/mol. The van der Waals surface area contributed by atoms with E-state index >= 15 is 0 Å². The van der Waals surface area contributed by atoms with Gasteiger partial charge in [0.05, 0.1) is 30.7 Å². The summed E-state index contributed by atoms with van der Waals surface area (Å²) in [5, 5.41) is 6.36. The largest absolute Gasteiger partial charge is 0.497 e. The first-order chi connectivity index (χ1) is 20.6. The summed E-state index contributed by atoms with van der Waals surface area (Å²) in [6.07, 6.45) is 4.38. The number of rotatable bonds is 7. The van der Waals surface area contributed by atoms with Gasteiger partial charge < -0.3 is 9.47 Å². The molecule has 4 aromatic rings. The summed E-state index contributed by atoms with van der Waals surface area (Å²) < 4.78 is 13.4. The van der Waals surface area contributed by atoms with Crippen LogP contribution in [0, 0.1) is 0 Å². The minimum Gasteiger partial charge on any atom is -0.497 e. The maximum atomic E-state index is 13.0. The van der Waals surface area contributed by atoms with E-state index in [4.69, 9.17) is 24.2 Å². The maximum absolute atomic E-state index is 13.0. The molecule has 1 atom stereocenters. The smallest absolute Gasteiger partial charge is 0.415 e. The molecule has 4 heterocycles. The van der Waals surface area contributed by atoms with Crippen molar-refractivity contribution in [2.24, 2.45) is 0 Å². The number of hydrogen-bond donors (Lipinski definition) is 0. The van der Waals surface area contributed by atoms with Gasteiger partial charge in [-0.25, -0.2) is 19.2 Å². The molecule has 3 saturated heterocycles. The Kier molecular flexibility index (Phi) is 7.02. The van der Waals surface area contributed by atoms with E-state index < -0.39 is 5.60 Å². The number of nitrogens with zero attached hydrogens (tertiary/aromatic N) is 5. The second-order valence-electron chi connectivity index (χ2n) is 10.9. The number of anilines is 2. The van der Waals surface area contributed by atoms with E-state index in [9.17, 15) is 4.79 Å². The van der Waals surface area contributed by atoms with Gasteiger partial charge in [-0.1, -0.05) is 18.2 Å². The summed E-state index contributed by atoms with van der Waals surface area (Å²) >= 11 is 0. The van der Waals surface area contributed by atoms with Crippen LogP contribution >= 0.6 is 0 Å². The van der Waals surface area contributed by atoms with Crippen molar-refractivity contribution in [3.05, 3.63) is 90.6 Å². The Morgan fingerprint density at radius 2 is 1.64 bits per heavy atom.